The van der Waals surface area contributed by atoms with Gasteiger partial charge in [0.15, 0.2) is 0 Å². The summed E-state index contributed by atoms with van der Waals surface area (Å²) < 4.78 is 5.58. The average molecular weight is 312 g/mol. The molecule has 0 spiro atoms. The second kappa shape index (κ2) is 9.21. The van der Waals surface area contributed by atoms with Gasteiger partial charge in [-0.2, -0.15) is 0 Å². The summed E-state index contributed by atoms with van der Waals surface area (Å²) in [6.45, 7) is 4.98. The molecule has 0 bridgehead atoms. The smallest absolute Gasteiger partial charge is 0.142 e. The predicted molar refractivity (Wildman–Crippen MR) is 98.2 cm³/mol. The van der Waals surface area contributed by atoms with Crippen LogP contribution in [0.25, 0.3) is 0 Å². The zero-order chi connectivity index (χ0) is 16.5. The molecule has 2 aromatic rings. The number of benzene rings is 2. The fraction of sp³-hybridized carbons (Fsp3) is 0.400. The predicted octanol–water partition coefficient (Wildman–Crippen LogP) is 4.22. The van der Waals surface area contributed by atoms with Crippen LogP contribution in [0.2, 0.25) is 0 Å². The van der Waals surface area contributed by atoms with E-state index in [1.54, 1.807) is 7.11 Å². The molecule has 3 nitrogen and oxygen atoms in total. The van der Waals surface area contributed by atoms with Crippen molar-refractivity contribution in [2.75, 3.05) is 25.6 Å². The molecule has 3 heteroatoms. The fourth-order valence-electron chi connectivity index (χ4n) is 2.61. The van der Waals surface area contributed by atoms with Gasteiger partial charge in [-0.1, -0.05) is 49.7 Å². The Balaban J connectivity index is 1.95. The maximum atomic E-state index is 5.58. The van der Waals surface area contributed by atoms with E-state index in [1.165, 1.54) is 24.0 Å². The van der Waals surface area contributed by atoms with Gasteiger partial charge in [0.2, 0.25) is 0 Å². The van der Waals surface area contributed by atoms with Crippen LogP contribution in [-0.4, -0.2) is 20.7 Å². The lowest BCUT2D eigenvalue weighted by Crippen LogP contribution is -2.19. The molecule has 0 aliphatic rings. The van der Waals surface area contributed by atoms with Gasteiger partial charge in [0.1, 0.15) is 5.75 Å². The lowest BCUT2D eigenvalue weighted by molar-refractivity contribution is 0.414. The minimum Gasteiger partial charge on any atom is -0.495 e. The summed E-state index contributed by atoms with van der Waals surface area (Å²) in [4.78, 5) is 2.27. The molecule has 0 atom stereocenters. The summed E-state index contributed by atoms with van der Waals surface area (Å²) in [6.07, 6.45) is 2.40. The van der Waals surface area contributed by atoms with Gasteiger partial charge in [0, 0.05) is 26.7 Å². The van der Waals surface area contributed by atoms with E-state index in [2.05, 4.69) is 66.7 Å². The normalized spacial score (nSPS) is 10.6. The minimum absolute atomic E-state index is 0.838. The number of anilines is 1. The molecule has 1 N–H and O–H groups in total. The first-order chi connectivity index (χ1) is 11.2. The highest BCUT2D eigenvalue weighted by molar-refractivity contribution is 5.59. The molecule has 0 fully saturated rings. The maximum absolute atomic E-state index is 5.58. The first kappa shape index (κ1) is 17.4. The van der Waals surface area contributed by atoms with Crippen molar-refractivity contribution >= 4 is 5.69 Å². The zero-order valence-corrected chi connectivity index (χ0v) is 14.5. The Bertz CT molecular complexity index is 583. The van der Waals surface area contributed by atoms with Gasteiger partial charge in [0.25, 0.3) is 0 Å². The number of hydrogen-bond acceptors (Lipinski definition) is 3. The van der Waals surface area contributed by atoms with Crippen LogP contribution in [0.3, 0.4) is 0 Å². The minimum atomic E-state index is 0.838. The Kier molecular flexibility index (Phi) is 6.95. The van der Waals surface area contributed by atoms with Crippen LogP contribution < -0.4 is 15.0 Å². The number of nitrogens with one attached hydrogen (secondary N) is 1. The topological polar surface area (TPSA) is 24.5 Å². The summed E-state index contributed by atoms with van der Waals surface area (Å²) >= 11 is 0. The molecule has 0 saturated heterocycles. The summed E-state index contributed by atoms with van der Waals surface area (Å²) in [5.41, 5.74) is 3.70. The molecule has 0 amide bonds. The summed E-state index contributed by atoms with van der Waals surface area (Å²) in [7, 11) is 3.87. The number of ether oxygens (including phenoxy) is 1. The molecule has 0 saturated carbocycles. The van der Waals surface area contributed by atoms with Crippen LogP contribution in [0.15, 0.2) is 48.5 Å². The van der Waals surface area contributed by atoms with Crippen molar-refractivity contribution < 1.29 is 4.74 Å². The number of rotatable bonds is 9. The van der Waals surface area contributed by atoms with Crippen molar-refractivity contribution in [3.05, 3.63) is 59.7 Å². The number of hydrogen-bond donors (Lipinski definition) is 1. The largest absolute Gasteiger partial charge is 0.495 e. The van der Waals surface area contributed by atoms with Gasteiger partial charge in [0.05, 0.1) is 12.8 Å². The van der Waals surface area contributed by atoms with E-state index in [-0.39, 0.29) is 0 Å². The van der Waals surface area contributed by atoms with E-state index >= 15 is 0 Å². The molecule has 0 unspecified atom stereocenters. The monoisotopic (exact) mass is 312 g/mol. The van der Waals surface area contributed by atoms with Crippen molar-refractivity contribution in [1.82, 2.24) is 5.32 Å². The van der Waals surface area contributed by atoms with E-state index in [0.29, 0.717) is 0 Å². The molecule has 2 aromatic carbocycles. The summed E-state index contributed by atoms with van der Waals surface area (Å²) in [5, 5.41) is 3.48. The first-order valence-corrected chi connectivity index (χ1v) is 8.37. The molecule has 0 radical (unpaired) electrons. The standard InChI is InChI=1S/C20H28N2O/c1-4-5-13-22(2)19-12-11-18(14-20(19)23-3)16-21-15-17-9-7-6-8-10-17/h6-12,14,21H,4-5,13,15-16H2,1-3H3. The van der Waals surface area contributed by atoms with E-state index in [1.807, 2.05) is 6.07 Å². The highest BCUT2D eigenvalue weighted by Gasteiger charge is 2.08. The van der Waals surface area contributed by atoms with Crippen molar-refractivity contribution in [2.45, 2.75) is 32.9 Å². The van der Waals surface area contributed by atoms with Gasteiger partial charge in [-0.15, -0.1) is 0 Å². The Morgan fingerprint density at radius 1 is 1.00 bits per heavy atom. The highest BCUT2D eigenvalue weighted by Crippen LogP contribution is 2.28. The van der Waals surface area contributed by atoms with Crippen LogP contribution >= 0.6 is 0 Å². The van der Waals surface area contributed by atoms with E-state index in [0.717, 1.165) is 31.1 Å². The second-order valence-electron chi connectivity index (χ2n) is 5.87. The summed E-state index contributed by atoms with van der Waals surface area (Å²) in [5.74, 6) is 0.947. The number of unbranched alkanes of at least 4 members (excludes halogenated alkanes) is 1. The van der Waals surface area contributed by atoms with Gasteiger partial charge < -0.3 is 15.0 Å². The number of methoxy groups -OCH3 is 1. The van der Waals surface area contributed by atoms with E-state index in [9.17, 15) is 0 Å². The molecule has 0 heterocycles. The zero-order valence-electron chi connectivity index (χ0n) is 14.5. The first-order valence-electron chi connectivity index (χ1n) is 8.37. The molecule has 0 aliphatic heterocycles. The van der Waals surface area contributed by atoms with Crippen molar-refractivity contribution in [3.63, 3.8) is 0 Å². The maximum Gasteiger partial charge on any atom is 0.142 e. The average Bonchev–Trinajstić information content (AvgIpc) is 2.60. The van der Waals surface area contributed by atoms with Gasteiger partial charge >= 0.3 is 0 Å². The third-order valence-electron chi connectivity index (χ3n) is 4.00. The van der Waals surface area contributed by atoms with Crippen molar-refractivity contribution in [2.24, 2.45) is 0 Å². The Morgan fingerprint density at radius 2 is 1.74 bits per heavy atom. The SMILES string of the molecule is CCCCN(C)c1ccc(CNCc2ccccc2)cc1OC. The third-order valence-corrected chi connectivity index (χ3v) is 4.00. The molecular weight excluding hydrogens is 284 g/mol. The van der Waals surface area contributed by atoms with E-state index in [4.69, 9.17) is 4.74 Å². The van der Waals surface area contributed by atoms with E-state index < -0.39 is 0 Å². The van der Waals surface area contributed by atoms with Crippen LogP contribution in [0.5, 0.6) is 5.75 Å². The van der Waals surface area contributed by atoms with Gasteiger partial charge in [-0.3, -0.25) is 0 Å². The lowest BCUT2D eigenvalue weighted by atomic mass is 10.1. The van der Waals surface area contributed by atoms with Crippen molar-refractivity contribution in [3.8, 4) is 5.75 Å². The van der Waals surface area contributed by atoms with Crippen molar-refractivity contribution in [1.29, 1.82) is 0 Å². The second-order valence-corrected chi connectivity index (χ2v) is 5.87. The van der Waals surface area contributed by atoms with Gasteiger partial charge in [-0.05, 0) is 29.7 Å². The molecule has 0 aliphatic carbocycles. The number of nitrogens with zero attached hydrogens (tertiary/aromatic N) is 1. The lowest BCUT2D eigenvalue weighted by Gasteiger charge is -2.22. The molecular formula is C20H28N2O. The molecule has 124 valence electrons. The summed E-state index contributed by atoms with van der Waals surface area (Å²) in [6, 6.07) is 16.9. The highest BCUT2D eigenvalue weighted by atomic mass is 16.5. The quantitative estimate of drug-likeness (QED) is 0.750. The van der Waals surface area contributed by atoms with Crippen LogP contribution in [0.1, 0.15) is 30.9 Å². The molecule has 23 heavy (non-hydrogen) atoms. The fourth-order valence-corrected chi connectivity index (χ4v) is 2.61. The van der Waals surface area contributed by atoms with Crippen LogP contribution in [-0.2, 0) is 13.1 Å². The van der Waals surface area contributed by atoms with Crippen LogP contribution in [0, 0.1) is 0 Å². The molecule has 2 rings (SSSR count). The molecule has 0 aromatic heterocycles. The third kappa shape index (κ3) is 5.29. The Morgan fingerprint density at radius 3 is 2.43 bits per heavy atom. The van der Waals surface area contributed by atoms with Gasteiger partial charge in [-0.25, -0.2) is 0 Å². The Hall–Kier alpha value is -2.00. The Labute approximate surface area is 140 Å². The van der Waals surface area contributed by atoms with Crippen LogP contribution in [0.4, 0.5) is 5.69 Å².